The lowest BCUT2D eigenvalue weighted by Gasteiger charge is -2.29. The van der Waals surface area contributed by atoms with Crippen molar-refractivity contribution in [3.63, 3.8) is 0 Å². The number of nitrogens with one attached hydrogen (secondary N) is 2. The topological polar surface area (TPSA) is 87.2 Å². The average Bonchev–Trinajstić information content (AvgIpc) is 3.07. The highest BCUT2D eigenvalue weighted by molar-refractivity contribution is 7.89. The Hall–Kier alpha value is -1.25. The molecule has 3 heterocycles. The number of hydrogen-bond donors (Lipinski definition) is 2. The Morgan fingerprint density at radius 3 is 2.86 bits per heavy atom. The summed E-state index contributed by atoms with van der Waals surface area (Å²) in [5, 5.41) is 6.52. The van der Waals surface area contributed by atoms with Crippen molar-refractivity contribution in [3.8, 4) is 0 Å². The number of aromatic nitrogens is 2. The van der Waals surface area contributed by atoms with Crippen molar-refractivity contribution in [3.05, 3.63) is 17.1 Å². The molecule has 2 N–H and O–H groups in total. The first-order chi connectivity index (χ1) is 10.5. The second-order valence-electron chi connectivity index (χ2n) is 5.74. The van der Waals surface area contributed by atoms with Gasteiger partial charge < -0.3 is 10.6 Å². The zero-order valence-corrected chi connectivity index (χ0v) is 13.9. The van der Waals surface area contributed by atoms with Gasteiger partial charge in [-0.05, 0) is 26.3 Å². The summed E-state index contributed by atoms with van der Waals surface area (Å²) < 4.78 is 25.7. The van der Waals surface area contributed by atoms with Gasteiger partial charge in [0.25, 0.3) is 0 Å². The molecule has 2 aliphatic heterocycles. The minimum atomic E-state index is -3.18. The Kier molecular flexibility index (Phi) is 4.33. The van der Waals surface area contributed by atoms with Crippen LogP contribution in [0.25, 0.3) is 0 Å². The summed E-state index contributed by atoms with van der Waals surface area (Å²) in [5.74, 6) is 1.71. The second-order valence-corrected chi connectivity index (χ2v) is 8.00. The van der Waals surface area contributed by atoms with E-state index in [2.05, 4.69) is 15.6 Å². The molecule has 0 aromatic carbocycles. The van der Waals surface area contributed by atoms with Crippen LogP contribution in [-0.2, 0) is 23.0 Å². The van der Waals surface area contributed by atoms with E-state index in [4.69, 9.17) is 4.98 Å². The fourth-order valence-electron chi connectivity index (χ4n) is 3.10. The van der Waals surface area contributed by atoms with Crippen LogP contribution in [0.15, 0.2) is 0 Å². The third-order valence-corrected chi connectivity index (χ3v) is 6.24. The predicted molar refractivity (Wildman–Crippen MR) is 85.1 cm³/mol. The number of anilines is 1. The van der Waals surface area contributed by atoms with Crippen molar-refractivity contribution in [1.29, 1.82) is 0 Å². The first-order valence-corrected chi connectivity index (χ1v) is 9.44. The van der Waals surface area contributed by atoms with Crippen LogP contribution in [0, 0.1) is 0 Å². The number of nitrogens with zero attached hydrogens (tertiary/aromatic N) is 3. The predicted octanol–water partition coefficient (Wildman–Crippen LogP) is 0.651. The summed E-state index contributed by atoms with van der Waals surface area (Å²) >= 11 is 0. The van der Waals surface area contributed by atoms with E-state index in [0.29, 0.717) is 19.5 Å². The molecule has 0 amide bonds. The smallest absolute Gasteiger partial charge is 0.214 e. The minimum absolute atomic E-state index is 0.127. The molecular formula is C14H23N5O2S. The highest BCUT2D eigenvalue weighted by Gasteiger charge is 2.30. The quantitative estimate of drug-likeness (QED) is 0.845. The van der Waals surface area contributed by atoms with Gasteiger partial charge in [-0.15, -0.1) is 0 Å². The average molecular weight is 325 g/mol. The maximum atomic E-state index is 12.1. The summed E-state index contributed by atoms with van der Waals surface area (Å²) in [5.41, 5.74) is 1.89. The van der Waals surface area contributed by atoms with Crippen LogP contribution in [0.1, 0.15) is 42.9 Å². The molecule has 3 rings (SSSR count). The van der Waals surface area contributed by atoms with Crippen molar-refractivity contribution < 1.29 is 8.42 Å². The number of sulfonamides is 1. The molecule has 0 radical (unpaired) electrons. The lowest BCUT2D eigenvalue weighted by atomic mass is 10.1. The van der Waals surface area contributed by atoms with Gasteiger partial charge in [-0.1, -0.05) is 0 Å². The van der Waals surface area contributed by atoms with E-state index in [1.54, 1.807) is 6.92 Å². The molecule has 7 nitrogen and oxygen atoms in total. The van der Waals surface area contributed by atoms with E-state index < -0.39 is 10.0 Å². The Morgan fingerprint density at radius 1 is 1.41 bits per heavy atom. The van der Waals surface area contributed by atoms with E-state index in [-0.39, 0.29) is 11.8 Å². The second kappa shape index (κ2) is 6.10. The van der Waals surface area contributed by atoms with Gasteiger partial charge >= 0.3 is 0 Å². The fraction of sp³-hybridized carbons (Fsp3) is 0.714. The molecule has 1 unspecified atom stereocenters. The summed E-state index contributed by atoms with van der Waals surface area (Å²) in [6.45, 7) is 3.54. The maximum absolute atomic E-state index is 12.1. The summed E-state index contributed by atoms with van der Waals surface area (Å²) in [7, 11) is -1.36. The molecule has 1 aromatic heterocycles. The zero-order chi connectivity index (χ0) is 15.7. The highest BCUT2D eigenvalue weighted by atomic mass is 32.2. The van der Waals surface area contributed by atoms with Crippen molar-refractivity contribution in [2.24, 2.45) is 0 Å². The molecule has 1 aromatic rings. The Bertz CT molecular complexity index is 638. The van der Waals surface area contributed by atoms with Crippen molar-refractivity contribution >= 4 is 15.8 Å². The maximum Gasteiger partial charge on any atom is 0.214 e. The largest absolute Gasteiger partial charge is 0.373 e. The first kappa shape index (κ1) is 15.6. The number of fused-ring (bicyclic) bond motifs is 1. The van der Waals surface area contributed by atoms with Crippen LogP contribution in [0.3, 0.4) is 0 Å². The van der Waals surface area contributed by atoms with Gasteiger partial charge in [0.2, 0.25) is 10.0 Å². The van der Waals surface area contributed by atoms with E-state index >= 15 is 0 Å². The molecule has 0 spiro atoms. The van der Waals surface area contributed by atoms with Gasteiger partial charge in [0.05, 0.1) is 17.5 Å². The van der Waals surface area contributed by atoms with Gasteiger partial charge in [-0.2, -0.15) is 4.31 Å². The van der Waals surface area contributed by atoms with Crippen LogP contribution in [-0.4, -0.2) is 48.6 Å². The standard InChI is InChI=1S/C14H23N5O2S/c1-3-22(20,21)19-8-6-11-10(9-19)13(15-2)18-14(17-11)12-5-4-7-16-12/h12,16H,3-9H2,1-2H3,(H,15,17,18). The van der Waals surface area contributed by atoms with E-state index in [1.165, 1.54) is 4.31 Å². The van der Waals surface area contributed by atoms with E-state index in [9.17, 15) is 8.42 Å². The Morgan fingerprint density at radius 2 is 2.23 bits per heavy atom. The highest BCUT2D eigenvalue weighted by Crippen LogP contribution is 2.28. The van der Waals surface area contributed by atoms with Gasteiger partial charge in [0, 0.05) is 32.1 Å². The summed E-state index contributed by atoms with van der Waals surface area (Å²) in [6, 6.07) is 0.217. The molecule has 0 bridgehead atoms. The van der Waals surface area contributed by atoms with Gasteiger partial charge in [0.15, 0.2) is 0 Å². The number of hydrogen-bond acceptors (Lipinski definition) is 6. The molecule has 0 saturated carbocycles. The van der Waals surface area contributed by atoms with Crippen molar-refractivity contribution in [2.75, 3.05) is 31.2 Å². The first-order valence-electron chi connectivity index (χ1n) is 7.83. The van der Waals surface area contributed by atoms with Crippen LogP contribution in [0.2, 0.25) is 0 Å². The van der Waals surface area contributed by atoms with Crippen molar-refractivity contribution in [1.82, 2.24) is 19.6 Å². The molecule has 8 heteroatoms. The SMILES string of the molecule is CCS(=O)(=O)N1CCc2nc(C3CCCN3)nc(NC)c2C1. The molecule has 22 heavy (non-hydrogen) atoms. The third-order valence-electron chi connectivity index (χ3n) is 4.41. The summed E-state index contributed by atoms with van der Waals surface area (Å²) in [4.78, 5) is 9.33. The lowest BCUT2D eigenvalue weighted by Crippen LogP contribution is -2.38. The lowest BCUT2D eigenvalue weighted by molar-refractivity contribution is 0.387. The minimum Gasteiger partial charge on any atom is -0.373 e. The monoisotopic (exact) mass is 325 g/mol. The van der Waals surface area contributed by atoms with Gasteiger partial charge in [-0.3, -0.25) is 0 Å². The van der Waals surface area contributed by atoms with Gasteiger partial charge in [0.1, 0.15) is 11.6 Å². The molecule has 0 aliphatic carbocycles. The molecule has 2 aliphatic rings. The number of rotatable bonds is 4. The molecule has 1 atom stereocenters. The van der Waals surface area contributed by atoms with Gasteiger partial charge in [-0.25, -0.2) is 18.4 Å². The van der Waals surface area contributed by atoms with Crippen LogP contribution in [0.4, 0.5) is 5.82 Å². The third kappa shape index (κ3) is 2.82. The zero-order valence-electron chi connectivity index (χ0n) is 13.1. The molecule has 1 saturated heterocycles. The van der Waals surface area contributed by atoms with E-state index in [1.807, 2.05) is 7.05 Å². The van der Waals surface area contributed by atoms with Crippen LogP contribution < -0.4 is 10.6 Å². The molecular weight excluding hydrogens is 302 g/mol. The normalized spacial score (nSPS) is 22.5. The van der Waals surface area contributed by atoms with E-state index in [0.717, 1.165) is 42.3 Å². The van der Waals surface area contributed by atoms with Crippen molar-refractivity contribution in [2.45, 2.75) is 38.8 Å². The van der Waals surface area contributed by atoms with Crippen LogP contribution in [0.5, 0.6) is 0 Å². The molecule has 122 valence electrons. The summed E-state index contributed by atoms with van der Waals surface area (Å²) in [6.07, 6.45) is 2.84. The molecule has 1 fully saturated rings. The Labute approximate surface area is 131 Å². The van der Waals surface area contributed by atoms with Crippen LogP contribution >= 0.6 is 0 Å². The Balaban J connectivity index is 1.94. The fourth-order valence-corrected chi connectivity index (χ4v) is 4.16.